The Morgan fingerprint density at radius 2 is 1.79 bits per heavy atom. The molecule has 0 aromatic heterocycles. The van der Waals surface area contributed by atoms with E-state index in [9.17, 15) is 8.78 Å². The molecule has 0 atom stereocenters. The molecule has 76 valence electrons. The Labute approximate surface area is 96.2 Å². The molecule has 1 rings (SSSR count). The molecule has 0 saturated carbocycles. The first kappa shape index (κ1) is 11.6. The van der Waals surface area contributed by atoms with Crippen LogP contribution >= 0.6 is 22.6 Å². The summed E-state index contributed by atoms with van der Waals surface area (Å²) in [5.74, 6) is -0.784. The fourth-order valence-electron chi connectivity index (χ4n) is 1.22. The van der Waals surface area contributed by atoms with Gasteiger partial charge in [-0.1, -0.05) is 37.6 Å². The second kappa shape index (κ2) is 5.44. The van der Waals surface area contributed by atoms with Gasteiger partial charge in [0.15, 0.2) is 9.66 Å². The maximum atomic E-state index is 13.1. The zero-order valence-corrected chi connectivity index (χ0v) is 10.0. The van der Waals surface area contributed by atoms with Crippen LogP contribution in [0.2, 0.25) is 0 Å². The van der Waals surface area contributed by atoms with Crippen molar-refractivity contribution in [2.24, 2.45) is 0 Å². The second-order valence-electron chi connectivity index (χ2n) is 3.02. The van der Waals surface area contributed by atoms with Crippen LogP contribution in [-0.2, 0) is 6.42 Å². The van der Waals surface area contributed by atoms with Crippen molar-refractivity contribution in [2.45, 2.75) is 19.8 Å². The zero-order valence-electron chi connectivity index (χ0n) is 7.86. The molecule has 0 amide bonds. The van der Waals surface area contributed by atoms with Crippen LogP contribution in [0.15, 0.2) is 28.1 Å². The van der Waals surface area contributed by atoms with E-state index in [1.54, 1.807) is 12.1 Å². The van der Waals surface area contributed by atoms with Crippen LogP contribution < -0.4 is 0 Å². The van der Waals surface area contributed by atoms with Crippen LogP contribution in [-0.4, -0.2) is 0 Å². The van der Waals surface area contributed by atoms with Gasteiger partial charge < -0.3 is 0 Å². The predicted octanol–water partition coefficient (Wildman–Crippen LogP) is 4.64. The Morgan fingerprint density at radius 3 is 2.21 bits per heavy atom. The van der Waals surface area contributed by atoms with E-state index in [1.807, 2.05) is 12.1 Å². The highest BCUT2D eigenvalue weighted by Crippen LogP contribution is 2.25. The van der Waals surface area contributed by atoms with Gasteiger partial charge in [-0.2, -0.15) is 4.39 Å². The third kappa shape index (κ3) is 3.04. The van der Waals surface area contributed by atoms with E-state index in [0.717, 1.165) is 18.4 Å². The quantitative estimate of drug-likeness (QED) is 0.714. The lowest BCUT2D eigenvalue weighted by molar-refractivity contribution is 0.663. The molecule has 0 N–H and O–H groups in total. The zero-order chi connectivity index (χ0) is 10.6. The molecule has 0 aliphatic heterocycles. The van der Waals surface area contributed by atoms with Crippen molar-refractivity contribution in [2.75, 3.05) is 0 Å². The molecule has 3 heteroatoms. The van der Waals surface area contributed by atoms with E-state index < -0.39 is 9.66 Å². The maximum absolute atomic E-state index is 13.1. The lowest BCUT2D eigenvalue weighted by Crippen LogP contribution is -1.84. The van der Waals surface area contributed by atoms with Crippen LogP contribution in [0.4, 0.5) is 8.78 Å². The Hall–Kier alpha value is -0.450. The summed E-state index contributed by atoms with van der Waals surface area (Å²) in [6, 6.07) is 6.88. The van der Waals surface area contributed by atoms with Gasteiger partial charge in [0.05, 0.1) is 0 Å². The normalized spacial score (nSPS) is 12.6. The van der Waals surface area contributed by atoms with Gasteiger partial charge in [0.1, 0.15) is 0 Å². The summed E-state index contributed by atoms with van der Waals surface area (Å²) in [5, 5.41) is 0. The van der Waals surface area contributed by atoms with Gasteiger partial charge in [-0.05, 0) is 34.6 Å². The van der Waals surface area contributed by atoms with Crippen molar-refractivity contribution >= 4 is 28.4 Å². The van der Waals surface area contributed by atoms with Gasteiger partial charge in [0, 0.05) is 5.56 Å². The first-order valence-electron chi connectivity index (χ1n) is 4.45. The molecule has 0 unspecified atom stereocenters. The van der Waals surface area contributed by atoms with Crippen molar-refractivity contribution in [3.8, 4) is 0 Å². The molecule has 0 aliphatic rings. The Morgan fingerprint density at radius 1 is 1.21 bits per heavy atom. The van der Waals surface area contributed by atoms with Crippen molar-refractivity contribution in [3.05, 3.63) is 39.2 Å². The maximum Gasteiger partial charge on any atom is 0.196 e. The fourth-order valence-corrected chi connectivity index (χ4v) is 1.53. The molecular weight excluding hydrogens is 297 g/mol. The molecule has 0 bridgehead atoms. The van der Waals surface area contributed by atoms with Crippen LogP contribution in [0, 0.1) is 0 Å². The monoisotopic (exact) mass is 308 g/mol. The first-order chi connectivity index (χ1) is 6.65. The van der Waals surface area contributed by atoms with Gasteiger partial charge in [0.2, 0.25) is 0 Å². The van der Waals surface area contributed by atoms with Crippen molar-refractivity contribution in [1.29, 1.82) is 0 Å². The van der Waals surface area contributed by atoms with Crippen LogP contribution in [0.25, 0.3) is 5.83 Å². The minimum absolute atomic E-state index is 0.303. The molecule has 0 fully saturated rings. The molecule has 1 aromatic carbocycles. The van der Waals surface area contributed by atoms with Gasteiger partial charge in [0.25, 0.3) is 0 Å². The molecule has 14 heavy (non-hydrogen) atoms. The molecule has 0 nitrogen and oxygen atoms in total. The second-order valence-corrected chi connectivity index (χ2v) is 3.97. The summed E-state index contributed by atoms with van der Waals surface area (Å²) in [7, 11) is 0. The number of rotatable bonds is 3. The third-order valence-electron chi connectivity index (χ3n) is 1.91. The fraction of sp³-hybridized carbons (Fsp3) is 0.273. The SMILES string of the molecule is CCCc1ccc(/C(F)=C(\F)I)cc1. The average Bonchev–Trinajstić information content (AvgIpc) is 2.18. The van der Waals surface area contributed by atoms with E-state index in [2.05, 4.69) is 6.92 Å². The number of halogens is 3. The number of aryl methyl sites for hydroxylation is 1. The molecular formula is C11H11F2I. The van der Waals surface area contributed by atoms with E-state index in [1.165, 1.54) is 22.6 Å². The van der Waals surface area contributed by atoms with Gasteiger partial charge in [-0.15, -0.1) is 0 Å². The van der Waals surface area contributed by atoms with Crippen molar-refractivity contribution in [3.63, 3.8) is 0 Å². The molecule has 0 heterocycles. The summed E-state index contributed by atoms with van der Waals surface area (Å²) in [6.07, 6.45) is 2.02. The van der Waals surface area contributed by atoms with Crippen LogP contribution in [0.5, 0.6) is 0 Å². The summed E-state index contributed by atoms with van der Waals surface area (Å²) in [5.41, 5.74) is 1.45. The molecule has 0 radical (unpaired) electrons. The average molecular weight is 308 g/mol. The molecule has 0 saturated heterocycles. The Kier molecular flexibility index (Phi) is 4.51. The lowest BCUT2D eigenvalue weighted by Gasteiger charge is -2.00. The Bertz CT molecular complexity index is 324. The molecule has 0 aliphatic carbocycles. The van der Waals surface area contributed by atoms with Crippen molar-refractivity contribution in [1.82, 2.24) is 0 Å². The lowest BCUT2D eigenvalue weighted by atomic mass is 10.1. The summed E-state index contributed by atoms with van der Waals surface area (Å²) < 4.78 is 24.8. The number of hydrogen-bond acceptors (Lipinski definition) is 0. The summed E-state index contributed by atoms with van der Waals surface area (Å²) in [6.45, 7) is 2.08. The number of benzene rings is 1. The van der Waals surface area contributed by atoms with E-state index in [0.29, 0.717) is 5.56 Å². The minimum Gasteiger partial charge on any atom is -0.203 e. The highest BCUT2D eigenvalue weighted by atomic mass is 127. The van der Waals surface area contributed by atoms with Crippen LogP contribution in [0.3, 0.4) is 0 Å². The summed E-state index contributed by atoms with van der Waals surface area (Å²) >= 11 is 1.34. The largest absolute Gasteiger partial charge is 0.203 e. The molecule has 0 spiro atoms. The number of hydrogen-bond donors (Lipinski definition) is 0. The van der Waals surface area contributed by atoms with Gasteiger partial charge in [-0.3, -0.25) is 0 Å². The van der Waals surface area contributed by atoms with Crippen LogP contribution in [0.1, 0.15) is 24.5 Å². The van der Waals surface area contributed by atoms with Gasteiger partial charge in [-0.25, -0.2) is 4.39 Å². The third-order valence-corrected chi connectivity index (χ3v) is 2.39. The highest BCUT2D eigenvalue weighted by Gasteiger charge is 2.05. The standard InChI is InChI=1S/C11H11F2I/c1-2-3-8-4-6-9(7-5-8)10(12)11(13)14/h4-7H,2-3H2,1H3/b11-10-. The molecule has 1 aromatic rings. The predicted molar refractivity (Wildman–Crippen MR) is 63.6 cm³/mol. The summed E-state index contributed by atoms with van der Waals surface area (Å²) in [4.78, 5) is 0. The minimum atomic E-state index is -0.800. The topological polar surface area (TPSA) is 0 Å². The van der Waals surface area contributed by atoms with E-state index >= 15 is 0 Å². The van der Waals surface area contributed by atoms with Crippen molar-refractivity contribution < 1.29 is 8.78 Å². The van der Waals surface area contributed by atoms with Gasteiger partial charge >= 0.3 is 0 Å². The highest BCUT2D eigenvalue weighted by molar-refractivity contribution is 14.1. The Balaban J connectivity index is 2.89. The smallest absolute Gasteiger partial charge is 0.196 e. The van der Waals surface area contributed by atoms with E-state index in [-0.39, 0.29) is 0 Å². The first-order valence-corrected chi connectivity index (χ1v) is 5.53. The van der Waals surface area contributed by atoms with E-state index in [4.69, 9.17) is 0 Å².